The molecule has 3 N–H and O–H groups in total. The van der Waals surface area contributed by atoms with Crippen LogP contribution in [0.5, 0.6) is 5.75 Å². The minimum atomic E-state index is 0.205. The lowest BCUT2D eigenvalue weighted by atomic mass is 9.99. The Bertz CT molecular complexity index is 624. The summed E-state index contributed by atoms with van der Waals surface area (Å²) in [6, 6.07) is 14.2. The summed E-state index contributed by atoms with van der Waals surface area (Å²) in [5.74, 6) is 0.319. The van der Waals surface area contributed by atoms with Gasteiger partial charge in [-0.15, -0.1) is 0 Å². The maximum atomic E-state index is 9.57. The van der Waals surface area contributed by atoms with E-state index in [1.165, 1.54) is 23.2 Å². The van der Waals surface area contributed by atoms with Crippen molar-refractivity contribution >= 4 is 5.69 Å². The molecule has 3 nitrogen and oxygen atoms in total. The van der Waals surface area contributed by atoms with Crippen LogP contribution in [-0.4, -0.2) is 11.7 Å². The van der Waals surface area contributed by atoms with Gasteiger partial charge in [-0.1, -0.05) is 30.3 Å². The molecule has 0 radical (unpaired) electrons. The van der Waals surface area contributed by atoms with E-state index in [4.69, 9.17) is 0 Å². The van der Waals surface area contributed by atoms with Crippen LogP contribution >= 0.6 is 0 Å². The summed E-state index contributed by atoms with van der Waals surface area (Å²) >= 11 is 0. The van der Waals surface area contributed by atoms with Crippen molar-refractivity contribution < 1.29 is 5.11 Å². The lowest BCUT2D eigenvalue weighted by Crippen LogP contribution is -2.21. The fraction of sp³-hybridized carbons (Fsp3) is 0.333. The first-order valence-corrected chi connectivity index (χ1v) is 7.61. The van der Waals surface area contributed by atoms with Crippen LogP contribution in [0.2, 0.25) is 0 Å². The van der Waals surface area contributed by atoms with E-state index >= 15 is 0 Å². The van der Waals surface area contributed by atoms with E-state index in [0.717, 1.165) is 25.1 Å². The molecule has 0 saturated heterocycles. The number of phenols is 1. The number of aryl methyl sites for hydroxylation is 1. The molecule has 0 amide bonds. The van der Waals surface area contributed by atoms with Gasteiger partial charge in [0.15, 0.2) is 0 Å². The summed E-state index contributed by atoms with van der Waals surface area (Å²) in [5, 5.41) is 16.6. The zero-order chi connectivity index (χ0) is 14.7. The van der Waals surface area contributed by atoms with Gasteiger partial charge >= 0.3 is 0 Å². The summed E-state index contributed by atoms with van der Waals surface area (Å²) in [4.78, 5) is 0. The molecule has 0 aromatic heterocycles. The molecule has 1 heterocycles. The van der Waals surface area contributed by atoms with E-state index in [2.05, 4.69) is 35.8 Å². The van der Waals surface area contributed by atoms with E-state index in [9.17, 15) is 5.11 Å². The largest absolute Gasteiger partial charge is 0.508 e. The number of hydrogen-bond acceptors (Lipinski definition) is 3. The van der Waals surface area contributed by atoms with Crippen LogP contribution in [0, 0.1) is 0 Å². The fourth-order valence-electron chi connectivity index (χ4n) is 2.90. The molecule has 0 bridgehead atoms. The second kappa shape index (κ2) is 6.19. The smallest absolute Gasteiger partial charge is 0.115 e. The second-order valence-corrected chi connectivity index (χ2v) is 5.68. The Balaban J connectivity index is 1.70. The fourth-order valence-corrected chi connectivity index (χ4v) is 2.90. The molecule has 110 valence electrons. The molecule has 0 fully saturated rings. The summed E-state index contributed by atoms with van der Waals surface area (Å²) in [7, 11) is 0. The molecule has 1 atom stereocenters. The topological polar surface area (TPSA) is 44.3 Å². The molecule has 3 heteroatoms. The zero-order valence-corrected chi connectivity index (χ0v) is 12.4. The van der Waals surface area contributed by atoms with Crippen molar-refractivity contribution in [1.82, 2.24) is 5.32 Å². The van der Waals surface area contributed by atoms with Crippen LogP contribution in [0.1, 0.15) is 36.1 Å². The number of phenolic OH excluding ortho intramolecular Hbond substituents is 1. The van der Waals surface area contributed by atoms with E-state index < -0.39 is 0 Å². The van der Waals surface area contributed by atoms with Gasteiger partial charge in [-0.25, -0.2) is 0 Å². The number of rotatable bonds is 4. The van der Waals surface area contributed by atoms with Crippen molar-refractivity contribution in [2.75, 3.05) is 11.9 Å². The van der Waals surface area contributed by atoms with E-state index in [1.54, 1.807) is 6.07 Å². The minimum absolute atomic E-state index is 0.205. The van der Waals surface area contributed by atoms with Crippen molar-refractivity contribution in [2.45, 2.75) is 32.4 Å². The number of para-hydroxylation sites is 1. The van der Waals surface area contributed by atoms with Crippen molar-refractivity contribution in [3.63, 3.8) is 0 Å². The van der Waals surface area contributed by atoms with E-state index in [1.807, 2.05) is 18.2 Å². The van der Waals surface area contributed by atoms with Gasteiger partial charge in [0.25, 0.3) is 0 Å². The van der Waals surface area contributed by atoms with Gasteiger partial charge in [0.05, 0.1) is 0 Å². The van der Waals surface area contributed by atoms with Crippen molar-refractivity contribution in [3.05, 3.63) is 59.2 Å². The third kappa shape index (κ3) is 3.19. The third-order valence-electron chi connectivity index (χ3n) is 4.13. The first kappa shape index (κ1) is 14.0. The lowest BCUT2D eigenvalue weighted by Gasteiger charge is -2.22. The first-order chi connectivity index (χ1) is 10.2. The van der Waals surface area contributed by atoms with Crippen LogP contribution in [0.3, 0.4) is 0 Å². The van der Waals surface area contributed by atoms with Gasteiger partial charge in [-0.05, 0) is 48.6 Å². The number of fused-ring (bicyclic) bond motifs is 1. The van der Waals surface area contributed by atoms with Crippen molar-refractivity contribution in [2.24, 2.45) is 0 Å². The standard InChI is InChI=1S/C18H22N2O/c1-13(15-6-3-9-17(21)11-15)20-12-16-7-2-5-14-8-4-10-19-18(14)16/h2-3,5-7,9,11,13,19-21H,4,8,10,12H2,1H3. The maximum Gasteiger partial charge on any atom is 0.115 e. The van der Waals surface area contributed by atoms with Gasteiger partial charge in [-0.2, -0.15) is 0 Å². The number of benzene rings is 2. The summed E-state index contributed by atoms with van der Waals surface area (Å²) < 4.78 is 0. The van der Waals surface area contributed by atoms with Crippen molar-refractivity contribution in [3.8, 4) is 5.75 Å². The Labute approximate surface area is 126 Å². The molecule has 2 aromatic rings. The molecule has 1 aliphatic rings. The van der Waals surface area contributed by atoms with Crippen LogP contribution in [0.15, 0.2) is 42.5 Å². The SMILES string of the molecule is CC(NCc1cccc2c1NCCC2)c1cccc(O)c1. The first-order valence-electron chi connectivity index (χ1n) is 7.61. The monoisotopic (exact) mass is 282 g/mol. The summed E-state index contributed by atoms with van der Waals surface area (Å²) in [6.45, 7) is 4.01. The normalized spacial score (nSPS) is 15.1. The number of aromatic hydroxyl groups is 1. The molecule has 0 saturated carbocycles. The predicted molar refractivity (Wildman–Crippen MR) is 86.6 cm³/mol. The van der Waals surface area contributed by atoms with Gasteiger partial charge in [0.2, 0.25) is 0 Å². The Hall–Kier alpha value is -2.00. The number of nitrogens with one attached hydrogen (secondary N) is 2. The minimum Gasteiger partial charge on any atom is -0.508 e. The van der Waals surface area contributed by atoms with Crippen LogP contribution in [-0.2, 0) is 13.0 Å². The average Bonchev–Trinajstić information content (AvgIpc) is 2.52. The van der Waals surface area contributed by atoms with E-state index in [0.29, 0.717) is 5.75 Å². The molecule has 0 aliphatic carbocycles. The van der Waals surface area contributed by atoms with Gasteiger partial charge in [-0.3, -0.25) is 0 Å². The molecule has 2 aromatic carbocycles. The molecule has 3 rings (SSSR count). The third-order valence-corrected chi connectivity index (χ3v) is 4.13. The molecule has 1 unspecified atom stereocenters. The highest BCUT2D eigenvalue weighted by Gasteiger charge is 2.13. The van der Waals surface area contributed by atoms with Gasteiger partial charge in [0, 0.05) is 24.8 Å². The predicted octanol–water partition coefficient (Wildman–Crippen LogP) is 3.60. The van der Waals surface area contributed by atoms with Gasteiger partial charge < -0.3 is 15.7 Å². The van der Waals surface area contributed by atoms with Crippen molar-refractivity contribution in [1.29, 1.82) is 0 Å². The quantitative estimate of drug-likeness (QED) is 0.803. The molecule has 21 heavy (non-hydrogen) atoms. The average molecular weight is 282 g/mol. The Kier molecular flexibility index (Phi) is 4.11. The summed E-state index contributed by atoms with van der Waals surface area (Å²) in [5.41, 5.74) is 5.15. The van der Waals surface area contributed by atoms with Crippen LogP contribution in [0.25, 0.3) is 0 Å². The van der Waals surface area contributed by atoms with Crippen LogP contribution in [0.4, 0.5) is 5.69 Å². The maximum absolute atomic E-state index is 9.57. The number of hydrogen-bond donors (Lipinski definition) is 3. The highest BCUT2D eigenvalue weighted by molar-refractivity contribution is 5.59. The van der Waals surface area contributed by atoms with Crippen LogP contribution < -0.4 is 10.6 Å². The summed E-state index contributed by atoms with van der Waals surface area (Å²) in [6.07, 6.45) is 2.38. The highest BCUT2D eigenvalue weighted by Crippen LogP contribution is 2.26. The Morgan fingerprint density at radius 1 is 1.24 bits per heavy atom. The number of anilines is 1. The highest BCUT2D eigenvalue weighted by atomic mass is 16.3. The molecular weight excluding hydrogens is 260 g/mol. The molecule has 1 aliphatic heterocycles. The molecular formula is C18H22N2O. The second-order valence-electron chi connectivity index (χ2n) is 5.68. The zero-order valence-electron chi connectivity index (χ0n) is 12.4. The van der Waals surface area contributed by atoms with Gasteiger partial charge in [0.1, 0.15) is 5.75 Å². The lowest BCUT2D eigenvalue weighted by molar-refractivity contribution is 0.472. The Morgan fingerprint density at radius 2 is 2.10 bits per heavy atom. The molecule has 0 spiro atoms. The van der Waals surface area contributed by atoms with E-state index in [-0.39, 0.29) is 6.04 Å². The Morgan fingerprint density at radius 3 is 2.95 bits per heavy atom.